The lowest BCUT2D eigenvalue weighted by atomic mass is 9.98. The van der Waals surface area contributed by atoms with Crippen LogP contribution in [0.15, 0.2) is 23.0 Å². The fraction of sp³-hybridized carbons (Fsp3) is 0.692. The second-order valence-corrected chi connectivity index (χ2v) is 3.63. The van der Waals surface area contributed by atoms with Gasteiger partial charge in [-0.2, -0.15) is 0 Å². The molecule has 0 amide bonds. The highest BCUT2D eigenvalue weighted by Gasteiger charge is 2.20. The lowest BCUT2D eigenvalue weighted by Crippen LogP contribution is -2.34. The molecule has 1 heterocycles. The number of likely N-dealkylation sites (N-methyl/N-ethyl adjacent to an activating group) is 1. The molecule has 0 aromatic rings. The molecular formula is C13H25NO. The fourth-order valence-corrected chi connectivity index (χ4v) is 1.58. The topological polar surface area (TPSA) is 21.3 Å². The number of hydrogen-bond acceptors (Lipinski definition) is 2. The Labute approximate surface area is 94.4 Å². The summed E-state index contributed by atoms with van der Waals surface area (Å²) in [5, 5.41) is 3.25. The smallest absolute Gasteiger partial charge is 0.118 e. The van der Waals surface area contributed by atoms with Gasteiger partial charge in [0.05, 0.1) is 0 Å². The third-order valence-electron chi connectivity index (χ3n) is 2.46. The molecule has 1 atom stereocenters. The quantitative estimate of drug-likeness (QED) is 0.719. The van der Waals surface area contributed by atoms with Crippen LogP contribution in [-0.4, -0.2) is 19.7 Å². The second kappa shape index (κ2) is 7.52. The summed E-state index contributed by atoms with van der Waals surface area (Å²) in [6.45, 7) is 11.1. The van der Waals surface area contributed by atoms with E-state index in [0.717, 1.165) is 18.8 Å². The van der Waals surface area contributed by atoms with E-state index in [4.69, 9.17) is 4.74 Å². The van der Waals surface area contributed by atoms with E-state index in [0.29, 0.717) is 6.04 Å². The van der Waals surface area contributed by atoms with Gasteiger partial charge >= 0.3 is 0 Å². The van der Waals surface area contributed by atoms with Crippen LogP contribution >= 0.6 is 0 Å². The summed E-state index contributed by atoms with van der Waals surface area (Å²) in [7, 11) is 1.98. The van der Waals surface area contributed by atoms with Crippen molar-refractivity contribution in [1.82, 2.24) is 5.32 Å². The maximum Gasteiger partial charge on any atom is 0.118 e. The lowest BCUT2D eigenvalue weighted by molar-refractivity contribution is 0.162. The third-order valence-corrected chi connectivity index (χ3v) is 2.46. The molecule has 0 aromatic carbocycles. The molecule has 1 saturated heterocycles. The molecule has 1 fully saturated rings. The molecule has 2 heteroatoms. The van der Waals surface area contributed by atoms with Crippen LogP contribution in [0.1, 0.15) is 41.0 Å². The highest BCUT2D eigenvalue weighted by Crippen LogP contribution is 2.26. The van der Waals surface area contributed by atoms with Gasteiger partial charge in [0, 0.05) is 6.04 Å². The summed E-state index contributed by atoms with van der Waals surface area (Å²) in [5.41, 5.74) is 2.71. The van der Waals surface area contributed by atoms with Gasteiger partial charge in [0.15, 0.2) is 0 Å². The molecule has 1 unspecified atom stereocenters. The zero-order chi connectivity index (χ0) is 11.8. The standard InChI is InChI=1S/C11H19NO.C2H6/c1-5-11-10(8(2)3)6-9(12-4)7-13-11;1-2/h5,9,12H,6-7H2,1-4H3;1-2H3/b11-5+;. The van der Waals surface area contributed by atoms with Gasteiger partial charge in [-0.3, -0.25) is 0 Å². The Morgan fingerprint density at radius 3 is 2.40 bits per heavy atom. The van der Waals surface area contributed by atoms with Crippen molar-refractivity contribution in [1.29, 1.82) is 0 Å². The molecule has 88 valence electrons. The maximum absolute atomic E-state index is 5.65. The Morgan fingerprint density at radius 2 is 2.00 bits per heavy atom. The summed E-state index contributed by atoms with van der Waals surface area (Å²) in [5.74, 6) is 1.06. The van der Waals surface area contributed by atoms with Gasteiger partial charge in [0.25, 0.3) is 0 Å². The number of nitrogens with one attached hydrogen (secondary N) is 1. The Kier molecular flexibility index (Phi) is 7.14. The predicted molar refractivity (Wildman–Crippen MR) is 66.9 cm³/mol. The van der Waals surface area contributed by atoms with Crippen LogP contribution in [0.4, 0.5) is 0 Å². The molecule has 2 nitrogen and oxygen atoms in total. The Morgan fingerprint density at radius 1 is 1.40 bits per heavy atom. The van der Waals surface area contributed by atoms with E-state index in [1.807, 2.05) is 33.9 Å². The largest absolute Gasteiger partial charge is 0.492 e. The van der Waals surface area contributed by atoms with E-state index in [2.05, 4.69) is 19.2 Å². The first-order valence-electron chi connectivity index (χ1n) is 5.82. The van der Waals surface area contributed by atoms with E-state index in [1.165, 1.54) is 11.1 Å². The Hall–Kier alpha value is -0.760. The van der Waals surface area contributed by atoms with Gasteiger partial charge in [-0.25, -0.2) is 0 Å². The summed E-state index contributed by atoms with van der Waals surface area (Å²) >= 11 is 0. The first-order chi connectivity index (χ1) is 7.19. The minimum atomic E-state index is 0.466. The van der Waals surface area contributed by atoms with Crippen molar-refractivity contribution in [3.05, 3.63) is 23.0 Å². The van der Waals surface area contributed by atoms with Crippen LogP contribution in [0.5, 0.6) is 0 Å². The molecule has 0 radical (unpaired) electrons. The van der Waals surface area contributed by atoms with Crippen molar-refractivity contribution in [3.63, 3.8) is 0 Å². The zero-order valence-corrected chi connectivity index (χ0v) is 11.0. The molecular weight excluding hydrogens is 186 g/mol. The van der Waals surface area contributed by atoms with Crippen LogP contribution in [-0.2, 0) is 4.74 Å². The van der Waals surface area contributed by atoms with Crippen LogP contribution in [0.2, 0.25) is 0 Å². The molecule has 1 N–H and O–H groups in total. The number of rotatable bonds is 1. The van der Waals surface area contributed by atoms with Crippen molar-refractivity contribution >= 4 is 0 Å². The van der Waals surface area contributed by atoms with Gasteiger partial charge in [0.1, 0.15) is 12.4 Å². The first-order valence-corrected chi connectivity index (χ1v) is 5.82. The van der Waals surface area contributed by atoms with Crippen molar-refractivity contribution < 1.29 is 4.74 Å². The van der Waals surface area contributed by atoms with Crippen molar-refractivity contribution in [2.24, 2.45) is 0 Å². The predicted octanol–water partition coefficient (Wildman–Crippen LogP) is 3.26. The van der Waals surface area contributed by atoms with E-state index in [1.54, 1.807) is 0 Å². The molecule has 0 aliphatic carbocycles. The third kappa shape index (κ3) is 4.08. The monoisotopic (exact) mass is 211 g/mol. The first kappa shape index (κ1) is 14.2. The highest BCUT2D eigenvalue weighted by molar-refractivity contribution is 5.31. The molecule has 1 rings (SSSR count). The molecule has 0 spiro atoms. The van der Waals surface area contributed by atoms with Crippen molar-refractivity contribution in [2.45, 2.75) is 47.1 Å². The minimum absolute atomic E-state index is 0.466. The van der Waals surface area contributed by atoms with Crippen LogP contribution < -0.4 is 5.32 Å². The summed E-state index contributed by atoms with van der Waals surface area (Å²) in [6, 6.07) is 0.466. The molecule has 1 aliphatic rings. The maximum atomic E-state index is 5.65. The molecule has 0 bridgehead atoms. The second-order valence-electron chi connectivity index (χ2n) is 3.63. The van der Waals surface area contributed by atoms with Gasteiger partial charge in [-0.15, -0.1) is 0 Å². The van der Waals surface area contributed by atoms with Crippen LogP contribution in [0.3, 0.4) is 0 Å². The van der Waals surface area contributed by atoms with Crippen LogP contribution in [0, 0.1) is 0 Å². The zero-order valence-electron chi connectivity index (χ0n) is 11.0. The van der Waals surface area contributed by atoms with Crippen molar-refractivity contribution in [3.8, 4) is 0 Å². The van der Waals surface area contributed by atoms with Gasteiger partial charge in [-0.05, 0) is 45.9 Å². The summed E-state index contributed by atoms with van der Waals surface area (Å²) in [6.07, 6.45) is 3.13. The Bertz CT molecular complexity index is 237. The van der Waals surface area contributed by atoms with E-state index >= 15 is 0 Å². The molecule has 0 saturated carbocycles. The number of ether oxygens (including phenoxy) is 1. The Balaban J connectivity index is 0.000000921. The van der Waals surface area contributed by atoms with E-state index in [-0.39, 0.29) is 0 Å². The SMILES string of the molecule is C/C=C1/OCC(NC)CC1=C(C)C.CC. The molecule has 0 aromatic heterocycles. The molecule has 15 heavy (non-hydrogen) atoms. The van der Waals surface area contributed by atoms with Crippen LogP contribution in [0.25, 0.3) is 0 Å². The van der Waals surface area contributed by atoms with E-state index < -0.39 is 0 Å². The van der Waals surface area contributed by atoms with Crippen molar-refractivity contribution in [2.75, 3.05) is 13.7 Å². The highest BCUT2D eigenvalue weighted by atomic mass is 16.5. The number of allylic oxidation sites excluding steroid dienone is 3. The fourth-order valence-electron chi connectivity index (χ4n) is 1.58. The van der Waals surface area contributed by atoms with Gasteiger partial charge in [0.2, 0.25) is 0 Å². The minimum Gasteiger partial charge on any atom is -0.492 e. The van der Waals surface area contributed by atoms with E-state index in [9.17, 15) is 0 Å². The summed E-state index contributed by atoms with van der Waals surface area (Å²) < 4.78 is 5.65. The average Bonchev–Trinajstić information content (AvgIpc) is 2.30. The normalized spacial score (nSPS) is 22.9. The van der Waals surface area contributed by atoms with Gasteiger partial charge < -0.3 is 10.1 Å². The lowest BCUT2D eigenvalue weighted by Gasteiger charge is -2.28. The van der Waals surface area contributed by atoms with Gasteiger partial charge in [-0.1, -0.05) is 19.4 Å². The average molecular weight is 211 g/mol. The summed E-state index contributed by atoms with van der Waals surface area (Å²) in [4.78, 5) is 0. The number of hydrogen-bond donors (Lipinski definition) is 1. The molecule has 1 aliphatic heterocycles.